The maximum Gasteiger partial charge on any atom is 0.405 e. The Morgan fingerprint density at radius 2 is 1.90 bits per heavy atom. The topological polar surface area (TPSA) is 178 Å². The third kappa shape index (κ3) is 7.07. The van der Waals surface area contributed by atoms with Crippen molar-refractivity contribution in [3.8, 4) is 0 Å². The molecule has 1 saturated heterocycles. The summed E-state index contributed by atoms with van der Waals surface area (Å²) < 4.78 is 13.0. The van der Waals surface area contributed by atoms with Gasteiger partial charge in [-0.05, 0) is 38.5 Å². The van der Waals surface area contributed by atoms with Crippen molar-refractivity contribution in [1.82, 2.24) is 20.9 Å². The average molecular weight is 445 g/mol. The number of carboxylic acid groups (broad SMARTS) is 1. The Bertz CT molecular complexity index is 703. The van der Waals surface area contributed by atoms with Crippen LogP contribution in [0.1, 0.15) is 46.5 Å². The molecule has 1 fully saturated rings. The van der Waals surface area contributed by atoms with Crippen LogP contribution >= 0.6 is 0 Å². The normalized spacial score (nSPS) is 20.1. The number of alkyl halides is 1. The van der Waals surface area contributed by atoms with E-state index in [4.69, 9.17) is 16.2 Å². The monoisotopic (exact) mass is 444 g/mol. The van der Waals surface area contributed by atoms with Crippen LogP contribution in [0.3, 0.4) is 0 Å². The Labute approximate surface area is 180 Å². The van der Waals surface area contributed by atoms with Gasteiger partial charge in [-0.25, -0.2) is 9.18 Å². The average Bonchev–Trinajstić information content (AvgIpc) is 3.09. The number of carbonyl (C=O) groups excluding carboxylic acids is 3. The van der Waals surface area contributed by atoms with Crippen molar-refractivity contribution in [2.24, 2.45) is 11.7 Å². The first-order valence-corrected chi connectivity index (χ1v) is 10.2. The highest BCUT2D eigenvalue weighted by molar-refractivity contribution is 5.97. The zero-order valence-electron chi connectivity index (χ0n) is 18.2. The van der Waals surface area contributed by atoms with Gasteiger partial charge in [0.2, 0.25) is 11.8 Å². The van der Waals surface area contributed by atoms with E-state index in [1.807, 2.05) is 0 Å². The van der Waals surface area contributed by atoms with E-state index in [1.54, 1.807) is 20.8 Å². The van der Waals surface area contributed by atoms with Gasteiger partial charge in [0.25, 0.3) is 0 Å². The van der Waals surface area contributed by atoms with Crippen LogP contribution in [0.5, 0.6) is 0 Å². The predicted molar refractivity (Wildman–Crippen MR) is 111 cm³/mol. The van der Waals surface area contributed by atoms with Crippen LogP contribution in [-0.4, -0.2) is 77.0 Å². The fourth-order valence-corrected chi connectivity index (χ4v) is 3.62. The van der Waals surface area contributed by atoms with Gasteiger partial charge in [0, 0.05) is 13.1 Å². The van der Waals surface area contributed by atoms with Crippen molar-refractivity contribution < 1.29 is 28.7 Å². The number of ketones is 1. The Kier molecular flexibility index (Phi) is 9.66. The zero-order chi connectivity index (χ0) is 23.8. The minimum absolute atomic E-state index is 0.133. The molecule has 0 aromatic carbocycles. The van der Waals surface area contributed by atoms with E-state index < -0.39 is 48.0 Å². The van der Waals surface area contributed by atoms with Crippen molar-refractivity contribution in [3.05, 3.63) is 0 Å². The number of nitrogens with zero attached hydrogens (tertiary/aromatic N) is 1. The largest absolute Gasteiger partial charge is 0.465 e. The Balaban J connectivity index is 2.95. The summed E-state index contributed by atoms with van der Waals surface area (Å²) >= 11 is 0. The van der Waals surface area contributed by atoms with Gasteiger partial charge in [-0.2, -0.15) is 0 Å². The molecule has 176 valence electrons. The summed E-state index contributed by atoms with van der Waals surface area (Å²) in [7, 11) is 0. The Morgan fingerprint density at radius 3 is 2.42 bits per heavy atom. The number of guanidine groups is 1. The molecule has 31 heavy (non-hydrogen) atoms. The molecule has 0 spiro atoms. The second-order valence-electron chi connectivity index (χ2n) is 8.15. The van der Waals surface area contributed by atoms with Gasteiger partial charge >= 0.3 is 6.09 Å². The molecular weight excluding hydrogens is 411 g/mol. The number of carbonyl (C=O) groups is 4. The highest BCUT2D eigenvalue weighted by Gasteiger charge is 2.48. The first kappa shape index (κ1) is 26.1. The maximum atomic E-state index is 13.1. The molecule has 0 saturated carbocycles. The van der Waals surface area contributed by atoms with Gasteiger partial charge in [-0.15, -0.1) is 0 Å². The molecule has 11 nitrogen and oxygen atoms in total. The quantitative estimate of drug-likeness (QED) is 0.147. The molecule has 7 N–H and O–H groups in total. The van der Waals surface area contributed by atoms with Gasteiger partial charge in [0.05, 0.1) is 6.04 Å². The molecule has 1 heterocycles. The van der Waals surface area contributed by atoms with Gasteiger partial charge < -0.3 is 31.7 Å². The van der Waals surface area contributed by atoms with E-state index in [1.165, 1.54) is 4.90 Å². The SMILES string of the molecule is CC(C)C(NC(=O)O)C(=O)N1CCCC1(C)C(=O)NC(CCCNC(=N)N)C(=O)CF. The molecule has 0 aromatic heterocycles. The Hall–Kier alpha value is -2.92. The number of amides is 3. The minimum Gasteiger partial charge on any atom is -0.465 e. The van der Waals surface area contributed by atoms with Crippen LogP contribution < -0.4 is 21.7 Å². The molecule has 0 radical (unpaired) electrons. The van der Waals surface area contributed by atoms with E-state index in [-0.39, 0.29) is 31.4 Å². The second-order valence-corrected chi connectivity index (χ2v) is 8.15. The molecule has 3 atom stereocenters. The molecule has 1 aliphatic heterocycles. The first-order chi connectivity index (χ1) is 14.4. The van der Waals surface area contributed by atoms with Crippen LogP contribution in [0.15, 0.2) is 0 Å². The van der Waals surface area contributed by atoms with E-state index in [0.717, 1.165) is 0 Å². The Morgan fingerprint density at radius 1 is 1.26 bits per heavy atom. The number of Topliss-reactive ketones (excluding diaryl/α,β-unsaturated/α-hetero) is 1. The molecule has 3 unspecified atom stereocenters. The van der Waals surface area contributed by atoms with Crippen LogP contribution in [0, 0.1) is 11.3 Å². The van der Waals surface area contributed by atoms with Gasteiger partial charge in [0.1, 0.15) is 18.3 Å². The van der Waals surface area contributed by atoms with E-state index >= 15 is 0 Å². The lowest BCUT2D eigenvalue weighted by Crippen LogP contribution is -2.62. The number of halogens is 1. The number of nitrogens with one attached hydrogen (secondary N) is 4. The maximum absolute atomic E-state index is 13.1. The predicted octanol–water partition coefficient (Wildman–Crippen LogP) is -0.0536. The molecule has 12 heteroatoms. The van der Waals surface area contributed by atoms with Crippen LogP contribution in [-0.2, 0) is 14.4 Å². The van der Waals surface area contributed by atoms with Crippen LogP contribution in [0.4, 0.5) is 9.18 Å². The number of nitrogens with two attached hydrogens (primary N) is 1. The first-order valence-electron chi connectivity index (χ1n) is 10.2. The van der Waals surface area contributed by atoms with Gasteiger partial charge in [0.15, 0.2) is 11.7 Å². The lowest BCUT2D eigenvalue weighted by atomic mass is 9.94. The molecule has 1 aliphatic rings. The van der Waals surface area contributed by atoms with Crippen molar-refractivity contribution in [1.29, 1.82) is 5.41 Å². The molecule has 3 amide bonds. The highest BCUT2D eigenvalue weighted by Crippen LogP contribution is 2.31. The van der Waals surface area contributed by atoms with Gasteiger partial charge in [-0.1, -0.05) is 13.8 Å². The highest BCUT2D eigenvalue weighted by atomic mass is 19.1. The summed E-state index contributed by atoms with van der Waals surface area (Å²) in [4.78, 5) is 50.5. The van der Waals surface area contributed by atoms with Crippen molar-refractivity contribution in [3.63, 3.8) is 0 Å². The third-order valence-electron chi connectivity index (χ3n) is 5.42. The summed E-state index contributed by atoms with van der Waals surface area (Å²) in [5.41, 5.74) is 3.90. The number of likely N-dealkylation sites (tertiary alicyclic amines) is 1. The summed E-state index contributed by atoms with van der Waals surface area (Å²) in [5.74, 6) is -2.48. The van der Waals surface area contributed by atoms with Crippen molar-refractivity contribution in [2.45, 2.75) is 64.1 Å². The van der Waals surface area contributed by atoms with Crippen molar-refractivity contribution >= 4 is 29.7 Å². The fourth-order valence-electron chi connectivity index (χ4n) is 3.62. The standard InChI is InChI=1S/C19H33FN6O5/c1-11(2)14(25-18(30)31)15(28)26-9-5-7-19(26,3)16(29)24-12(13(27)10-20)6-4-8-23-17(21)22/h11-12,14,25H,4-10H2,1-3H3,(H,24,29)(H,30,31)(H4,21,22,23). The van der Waals surface area contributed by atoms with Crippen LogP contribution in [0.2, 0.25) is 0 Å². The van der Waals surface area contributed by atoms with E-state index in [9.17, 15) is 23.6 Å². The summed E-state index contributed by atoms with van der Waals surface area (Å²) in [6.45, 7) is 4.23. The molecule has 0 bridgehead atoms. The molecule has 0 aliphatic carbocycles. The van der Waals surface area contributed by atoms with E-state index in [2.05, 4.69) is 16.0 Å². The van der Waals surface area contributed by atoms with Crippen molar-refractivity contribution in [2.75, 3.05) is 19.8 Å². The molecule has 0 aromatic rings. The third-order valence-corrected chi connectivity index (χ3v) is 5.42. The van der Waals surface area contributed by atoms with Crippen LogP contribution in [0.25, 0.3) is 0 Å². The van der Waals surface area contributed by atoms with Gasteiger partial charge in [-0.3, -0.25) is 19.8 Å². The molecular formula is C19H33FN6O5. The zero-order valence-corrected chi connectivity index (χ0v) is 18.2. The second kappa shape index (κ2) is 11.5. The minimum atomic E-state index is -1.34. The number of rotatable bonds is 11. The lowest BCUT2D eigenvalue weighted by Gasteiger charge is -2.37. The fraction of sp³-hybridized carbons (Fsp3) is 0.737. The summed E-state index contributed by atoms with van der Waals surface area (Å²) in [6, 6.07) is -2.11. The number of hydrogen-bond donors (Lipinski definition) is 6. The van der Waals surface area contributed by atoms with E-state index in [0.29, 0.717) is 19.3 Å². The smallest absolute Gasteiger partial charge is 0.405 e. The lowest BCUT2D eigenvalue weighted by molar-refractivity contribution is -0.147. The molecule has 1 rings (SSSR count). The summed E-state index contributed by atoms with van der Waals surface area (Å²) in [5, 5.41) is 23.5. The number of hydrogen-bond acceptors (Lipinski definition) is 5. The summed E-state index contributed by atoms with van der Waals surface area (Å²) in [6.07, 6.45) is -0.00487.